The van der Waals surface area contributed by atoms with Gasteiger partial charge in [0, 0.05) is 43.5 Å². The van der Waals surface area contributed by atoms with Gasteiger partial charge < -0.3 is 20.3 Å². The number of hydrogen-bond acceptors (Lipinski definition) is 6. The van der Waals surface area contributed by atoms with Gasteiger partial charge in [0.25, 0.3) is 5.91 Å². The van der Waals surface area contributed by atoms with Crippen LogP contribution in [-0.2, 0) is 4.79 Å². The van der Waals surface area contributed by atoms with Crippen LogP contribution < -0.4 is 15.4 Å². The summed E-state index contributed by atoms with van der Waals surface area (Å²) in [4.78, 5) is 31.9. The fourth-order valence-corrected chi connectivity index (χ4v) is 6.21. The Kier molecular flexibility index (Phi) is 7.95. The first-order valence-electron chi connectivity index (χ1n) is 12.7. The van der Waals surface area contributed by atoms with E-state index in [0.29, 0.717) is 38.9 Å². The van der Waals surface area contributed by atoms with E-state index in [-0.39, 0.29) is 22.7 Å². The minimum atomic E-state index is -0.587. The Morgan fingerprint density at radius 2 is 1.86 bits per heavy atom. The van der Waals surface area contributed by atoms with Crippen LogP contribution in [-0.4, -0.2) is 39.9 Å². The van der Waals surface area contributed by atoms with E-state index in [0.717, 1.165) is 38.8 Å². The van der Waals surface area contributed by atoms with Crippen molar-refractivity contribution in [2.75, 3.05) is 18.4 Å². The lowest BCUT2D eigenvalue weighted by atomic mass is 9.87. The molecule has 10 heteroatoms. The maximum atomic E-state index is 14.9. The third-order valence-electron chi connectivity index (χ3n) is 6.84. The molecule has 1 saturated heterocycles. The van der Waals surface area contributed by atoms with Crippen molar-refractivity contribution in [3.8, 4) is 11.5 Å². The van der Waals surface area contributed by atoms with Gasteiger partial charge in [-0.3, -0.25) is 14.6 Å². The van der Waals surface area contributed by atoms with Crippen LogP contribution in [0.2, 0.25) is 0 Å². The monoisotopic (exact) mass is 540 g/mol. The zero-order valence-corrected chi connectivity index (χ0v) is 22.1. The highest BCUT2D eigenvalue weighted by atomic mass is 32.1. The highest BCUT2D eigenvalue weighted by Gasteiger charge is 2.23. The van der Waals surface area contributed by atoms with Crippen molar-refractivity contribution in [3.63, 3.8) is 0 Å². The van der Waals surface area contributed by atoms with Crippen molar-refractivity contribution in [1.82, 2.24) is 15.2 Å². The number of anilines is 1. The number of fused-ring (bicyclic) bond motifs is 1. The molecule has 3 aromatic rings. The van der Waals surface area contributed by atoms with Crippen molar-refractivity contribution >= 4 is 56.4 Å². The molecule has 1 aliphatic carbocycles. The molecule has 7 nitrogen and oxygen atoms in total. The molecule has 5 rings (SSSR count). The first-order valence-corrected chi connectivity index (χ1v) is 13.9. The number of thiocarbonyl (C=S) groups is 1. The minimum Gasteiger partial charge on any atom is -0.453 e. The van der Waals surface area contributed by atoms with E-state index >= 15 is 0 Å². The van der Waals surface area contributed by atoms with Crippen molar-refractivity contribution in [1.29, 1.82) is 0 Å². The van der Waals surface area contributed by atoms with Crippen LogP contribution in [0.4, 0.5) is 10.1 Å². The van der Waals surface area contributed by atoms with Gasteiger partial charge in [0.2, 0.25) is 5.91 Å². The molecule has 0 spiro atoms. The predicted molar refractivity (Wildman–Crippen MR) is 147 cm³/mol. The number of likely N-dealkylation sites (tertiary alicyclic amines) is 1. The number of rotatable bonds is 6. The Bertz CT molecular complexity index is 1320. The van der Waals surface area contributed by atoms with Gasteiger partial charge in [-0.1, -0.05) is 19.3 Å². The van der Waals surface area contributed by atoms with Crippen molar-refractivity contribution < 1.29 is 18.7 Å². The van der Waals surface area contributed by atoms with Crippen LogP contribution in [0, 0.1) is 11.7 Å². The lowest BCUT2D eigenvalue weighted by Gasteiger charge is -2.21. The topological polar surface area (TPSA) is 83.6 Å². The van der Waals surface area contributed by atoms with Gasteiger partial charge in [-0.05, 0) is 62.0 Å². The lowest BCUT2D eigenvalue weighted by Crippen LogP contribution is -2.35. The van der Waals surface area contributed by atoms with Gasteiger partial charge in [0.05, 0.1) is 15.1 Å². The number of nitrogens with one attached hydrogen (secondary N) is 2. The number of thiophene rings is 1. The normalized spacial score (nSPS) is 16.1. The molecule has 2 aromatic heterocycles. The Balaban J connectivity index is 1.22. The van der Waals surface area contributed by atoms with E-state index in [1.165, 1.54) is 42.7 Å². The molecule has 0 unspecified atom stereocenters. The standard InChI is InChI=1S/C27H29FN4O3S2/c28-19-15-18(30-27(36)31-24(33)14-17-6-2-1-3-7-17)8-9-21(19)35-22-10-11-29-20-16-23(37-25(20)22)26(34)32-12-4-5-13-32/h8-11,15-17H,1-7,12-14H2,(H2,30,31,33,36). The highest BCUT2D eigenvalue weighted by Crippen LogP contribution is 2.37. The average molecular weight is 541 g/mol. The molecule has 1 aliphatic heterocycles. The molecule has 1 saturated carbocycles. The number of hydrogen-bond donors (Lipinski definition) is 2. The number of benzene rings is 1. The third kappa shape index (κ3) is 6.24. The van der Waals surface area contributed by atoms with Gasteiger partial charge in [-0.15, -0.1) is 11.3 Å². The smallest absolute Gasteiger partial charge is 0.264 e. The molecular weight excluding hydrogens is 511 g/mol. The largest absolute Gasteiger partial charge is 0.453 e. The molecule has 1 aromatic carbocycles. The molecule has 2 fully saturated rings. The fourth-order valence-electron chi connectivity index (χ4n) is 4.95. The van der Waals surface area contributed by atoms with Crippen molar-refractivity contribution in [3.05, 3.63) is 47.2 Å². The summed E-state index contributed by atoms with van der Waals surface area (Å²) in [5.41, 5.74) is 1.04. The molecule has 0 atom stereocenters. The van der Waals surface area contributed by atoms with Gasteiger partial charge in [-0.2, -0.15) is 0 Å². The number of amides is 2. The summed E-state index contributed by atoms with van der Waals surface area (Å²) in [5.74, 6) is 0.158. The second-order valence-electron chi connectivity index (χ2n) is 9.59. The van der Waals surface area contributed by atoms with Crippen LogP contribution in [0.15, 0.2) is 36.5 Å². The summed E-state index contributed by atoms with van der Waals surface area (Å²) < 4.78 is 21.5. The molecule has 194 valence electrons. The van der Waals surface area contributed by atoms with E-state index in [1.807, 2.05) is 4.90 Å². The minimum absolute atomic E-state index is 0.00476. The maximum Gasteiger partial charge on any atom is 0.264 e. The van der Waals surface area contributed by atoms with Gasteiger partial charge in [-0.25, -0.2) is 4.39 Å². The van der Waals surface area contributed by atoms with Crippen LogP contribution in [0.3, 0.4) is 0 Å². The van der Waals surface area contributed by atoms with E-state index in [1.54, 1.807) is 24.4 Å². The molecule has 2 aliphatic rings. The quantitative estimate of drug-likeness (QED) is 0.360. The highest BCUT2D eigenvalue weighted by molar-refractivity contribution is 7.80. The fraction of sp³-hybridized carbons (Fsp3) is 0.407. The number of halogens is 1. The average Bonchev–Trinajstić information content (AvgIpc) is 3.57. The van der Waals surface area contributed by atoms with Crippen molar-refractivity contribution in [2.45, 2.75) is 51.4 Å². The SMILES string of the molecule is O=C(CC1CCCCC1)NC(=S)Nc1ccc(Oc2ccnc3cc(C(=O)N4CCCC4)sc23)c(F)c1. The van der Waals surface area contributed by atoms with Gasteiger partial charge in [0.15, 0.2) is 16.7 Å². The second kappa shape index (κ2) is 11.5. The number of nitrogens with zero attached hydrogens (tertiary/aromatic N) is 2. The van der Waals surface area contributed by atoms with E-state index in [2.05, 4.69) is 15.6 Å². The molecule has 2 N–H and O–H groups in total. The Morgan fingerprint density at radius 3 is 2.62 bits per heavy atom. The first-order chi connectivity index (χ1) is 18.0. The van der Waals surface area contributed by atoms with E-state index in [4.69, 9.17) is 17.0 Å². The molecule has 0 radical (unpaired) electrons. The summed E-state index contributed by atoms with van der Waals surface area (Å²) in [7, 11) is 0. The summed E-state index contributed by atoms with van der Waals surface area (Å²) in [6.07, 6.45) is 9.80. The summed E-state index contributed by atoms with van der Waals surface area (Å²) in [5, 5.41) is 5.70. The summed E-state index contributed by atoms with van der Waals surface area (Å²) in [6.45, 7) is 1.53. The van der Waals surface area contributed by atoms with Crippen LogP contribution in [0.25, 0.3) is 10.2 Å². The molecule has 3 heterocycles. The maximum absolute atomic E-state index is 14.9. The van der Waals surface area contributed by atoms with Crippen LogP contribution >= 0.6 is 23.6 Å². The van der Waals surface area contributed by atoms with E-state index < -0.39 is 5.82 Å². The van der Waals surface area contributed by atoms with Crippen molar-refractivity contribution in [2.24, 2.45) is 5.92 Å². The van der Waals surface area contributed by atoms with Gasteiger partial charge >= 0.3 is 0 Å². The molecule has 37 heavy (non-hydrogen) atoms. The van der Waals surface area contributed by atoms with Crippen LogP contribution in [0.1, 0.15) is 61.0 Å². The number of carbonyl (C=O) groups is 2. The zero-order valence-electron chi connectivity index (χ0n) is 20.4. The Hall–Kier alpha value is -3.11. The first kappa shape index (κ1) is 25.5. The zero-order chi connectivity index (χ0) is 25.8. The summed E-state index contributed by atoms with van der Waals surface area (Å²) in [6, 6.07) is 7.82. The lowest BCUT2D eigenvalue weighted by molar-refractivity contribution is -0.120. The predicted octanol–water partition coefficient (Wildman–Crippen LogP) is 6.25. The number of pyridine rings is 1. The number of aromatic nitrogens is 1. The number of ether oxygens (including phenoxy) is 1. The molecule has 2 amide bonds. The molecular formula is C27H29FN4O3S2. The third-order valence-corrected chi connectivity index (χ3v) is 8.17. The van der Waals surface area contributed by atoms with Gasteiger partial charge in [0.1, 0.15) is 5.75 Å². The van der Waals surface area contributed by atoms with Crippen LogP contribution in [0.5, 0.6) is 11.5 Å². The van der Waals surface area contributed by atoms with E-state index in [9.17, 15) is 14.0 Å². The molecule has 0 bridgehead atoms. The summed E-state index contributed by atoms with van der Waals surface area (Å²) >= 11 is 6.55. The second-order valence-corrected chi connectivity index (χ2v) is 11.1. The Labute approximate surface area is 224 Å². The Morgan fingerprint density at radius 1 is 1.08 bits per heavy atom. The number of carbonyl (C=O) groups excluding carboxylic acids is 2.